The first-order valence-corrected chi connectivity index (χ1v) is 12.9. The fraction of sp³-hybridized carbons (Fsp3) is 0.667. The zero-order chi connectivity index (χ0) is 28.1. The Morgan fingerprint density at radius 3 is 1.14 bits per heavy atom. The van der Waals surface area contributed by atoms with Gasteiger partial charge in [-0.2, -0.15) is 0 Å². The van der Waals surface area contributed by atoms with Gasteiger partial charge in [0.05, 0.1) is 0 Å². The summed E-state index contributed by atoms with van der Waals surface area (Å²) in [5, 5.41) is 0. The molecule has 1 aromatic carbocycles. The minimum absolute atomic E-state index is 0.456. The van der Waals surface area contributed by atoms with E-state index in [1.54, 1.807) is 0 Å². The molecule has 0 N–H and O–H groups in total. The summed E-state index contributed by atoms with van der Waals surface area (Å²) in [7, 11) is 0. The third-order valence-electron chi connectivity index (χ3n) is 5.87. The fourth-order valence-corrected chi connectivity index (χ4v) is 11.8. The van der Waals surface area contributed by atoms with Crippen LogP contribution in [0.4, 0.5) is 52.7 Å². The summed E-state index contributed by atoms with van der Waals surface area (Å²) in [5.74, 6) is 0. The molecule has 2 fully saturated rings. The van der Waals surface area contributed by atoms with Crippen LogP contribution in [0, 0.1) is 0 Å². The van der Waals surface area contributed by atoms with E-state index in [1.807, 2.05) is 0 Å². The Bertz CT molecular complexity index is 928. The van der Waals surface area contributed by atoms with Crippen molar-refractivity contribution >= 4 is 18.1 Å². The maximum atomic E-state index is 14.2. The van der Waals surface area contributed by atoms with Gasteiger partial charge in [-0.25, -0.2) is 0 Å². The van der Waals surface area contributed by atoms with E-state index < -0.39 is 70.1 Å². The molecule has 2 heterocycles. The van der Waals surface area contributed by atoms with Crippen molar-refractivity contribution in [1.82, 2.24) is 0 Å². The van der Waals surface area contributed by atoms with E-state index in [0.29, 0.717) is 0 Å². The molecule has 2 aliphatic heterocycles. The molecule has 36 heavy (non-hydrogen) atoms. The summed E-state index contributed by atoms with van der Waals surface area (Å²) in [6.07, 6.45) is -29.6. The Labute approximate surface area is 199 Å². The summed E-state index contributed by atoms with van der Waals surface area (Å²) in [6.45, 7) is -3.35. The number of benzene rings is 1. The van der Waals surface area contributed by atoms with Crippen LogP contribution >= 0.6 is 18.1 Å². The van der Waals surface area contributed by atoms with Gasteiger partial charge in [0.15, 0.2) is 0 Å². The van der Waals surface area contributed by atoms with Crippen LogP contribution in [0.3, 0.4) is 0 Å². The Balaban J connectivity index is 2.56. The van der Waals surface area contributed by atoms with Crippen molar-refractivity contribution in [3.05, 3.63) is 30.3 Å². The third-order valence-corrected chi connectivity index (χ3v) is 11.7. The average Bonchev–Trinajstić information content (AvgIpc) is 2.98. The first-order valence-electron chi connectivity index (χ1n) is 9.61. The second-order valence-electron chi connectivity index (χ2n) is 8.89. The first kappa shape index (κ1) is 29.6. The van der Waals surface area contributed by atoms with Crippen molar-refractivity contribution in [3.63, 3.8) is 0 Å². The van der Waals surface area contributed by atoms with Gasteiger partial charge in [0.25, 0.3) is 0 Å². The fourth-order valence-electron chi connectivity index (χ4n) is 3.71. The Morgan fingerprint density at radius 1 is 0.556 bits per heavy atom. The van der Waals surface area contributed by atoms with E-state index in [1.165, 1.54) is 6.07 Å². The van der Waals surface area contributed by atoms with Crippen LogP contribution in [0.1, 0.15) is 27.7 Å². The Kier molecular flexibility index (Phi) is 6.20. The van der Waals surface area contributed by atoms with E-state index in [9.17, 15) is 52.7 Å². The van der Waals surface area contributed by atoms with Gasteiger partial charge in [-0.1, -0.05) is 0 Å². The maximum absolute atomic E-state index is 14.2. The molecule has 208 valence electrons. The van der Waals surface area contributed by atoms with Crippen LogP contribution in [-0.4, -0.2) is 47.1 Å². The normalized spacial score (nSPS) is 27.5. The summed E-state index contributed by atoms with van der Waals surface area (Å²) in [4.78, 5) is -0.456. The number of alkyl halides is 12. The van der Waals surface area contributed by atoms with Crippen LogP contribution in [0.25, 0.3) is 0 Å². The predicted octanol–water partition coefficient (Wildman–Crippen LogP) is 8.28. The second-order valence-corrected chi connectivity index (χ2v) is 14.1. The van der Waals surface area contributed by atoms with Gasteiger partial charge >= 0.3 is 199 Å². The molecule has 1 aromatic rings. The van der Waals surface area contributed by atoms with Crippen LogP contribution in [-0.2, 0) is 18.1 Å². The molecule has 0 aliphatic carbocycles. The van der Waals surface area contributed by atoms with Gasteiger partial charge in [0.1, 0.15) is 0 Å². The molecule has 3 rings (SSSR count). The molecule has 0 unspecified atom stereocenters. The number of rotatable bonds is 2. The molecule has 0 bridgehead atoms. The Hall–Kier alpha value is -1.00. The van der Waals surface area contributed by atoms with Crippen LogP contribution in [0.15, 0.2) is 35.2 Å². The first-order chi connectivity index (χ1) is 15.7. The van der Waals surface area contributed by atoms with Crippen LogP contribution < -0.4 is 0 Å². The molecule has 2 aliphatic rings. The molecule has 0 saturated carbocycles. The molecule has 2 saturated heterocycles. The quantitative estimate of drug-likeness (QED) is 0.257. The molecular formula is C18H17F12O4PS. The van der Waals surface area contributed by atoms with E-state index in [0.717, 1.165) is 52.0 Å². The molecular weight excluding hydrogens is 571 g/mol. The zero-order valence-corrected chi connectivity index (χ0v) is 20.1. The van der Waals surface area contributed by atoms with E-state index in [-0.39, 0.29) is 0 Å². The van der Waals surface area contributed by atoms with Crippen molar-refractivity contribution in [3.8, 4) is 0 Å². The van der Waals surface area contributed by atoms with E-state index >= 15 is 0 Å². The van der Waals surface area contributed by atoms with Gasteiger partial charge in [-0.05, 0) is 0 Å². The molecule has 0 aromatic heterocycles. The number of hydrogen-bond acceptors (Lipinski definition) is 5. The summed E-state index contributed by atoms with van der Waals surface area (Å²) in [6, 6.07) is 5.55. The van der Waals surface area contributed by atoms with Crippen LogP contribution in [0.5, 0.6) is 0 Å². The zero-order valence-electron chi connectivity index (χ0n) is 18.4. The molecule has 4 nitrogen and oxygen atoms in total. The van der Waals surface area contributed by atoms with Gasteiger partial charge in [0.2, 0.25) is 0 Å². The second kappa shape index (κ2) is 7.56. The summed E-state index contributed by atoms with van der Waals surface area (Å²) in [5.41, 5.74) is -18.3. The van der Waals surface area contributed by atoms with Crippen molar-refractivity contribution in [2.24, 2.45) is 0 Å². The van der Waals surface area contributed by atoms with Crippen LogP contribution in [0.2, 0.25) is 0 Å². The number of hydrogen-bond donors (Lipinski definition) is 0. The molecule has 0 atom stereocenters. The molecule has 0 amide bonds. The minimum atomic E-state index is -7.39. The predicted molar refractivity (Wildman–Crippen MR) is 101 cm³/mol. The van der Waals surface area contributed by atoms with Gasteiger partial charge in [-0.15, -0.1) is 0 Å². The van der Waals surface area contributed by atoms with E-state index in [2.05, 4.69) is 9.05 Å². The topological polar surface area (TPSA) is 36.9 Å². The summed E-state index contributed by atoms with van der Waals surface area (Å²) < 4.78 is 189. The van der Waals surface area contributed by atoms with E-state index in [4.69, 9.17) is 9.05 Å². The van der Waals surface area contributed by atoms with Crippen molar-refractivity contribution in [2.45, 2.75) is 79.7 Å². The molecule has 18 heteroatoms. The average molecular weight is 588 g/mol. The third kappa shape index (κ3) is 3.74. The van der Waals surface area contributed by atoms with Gasteiger partial charge in [0, 0.05) is 0 Å². The van der Waals surface area contributed by atoms with Gasteiger partial charge < -0.3 is 0 Å². The number of halogens is 12. The standard InChI is InChI=1S/C18H17F12O4PS/c1-11(2)12(3,4)32-35(31-11,36-10-8-6-5-7-9-10)33-13(15(19,20)21,16(22,23)24)14(34-35,17(25,26)27)18(28,29)30/h5-9H,1-4H3. The monoisotopic (exact) mass is 588 g/mol. The van der Waals surface area contributed by atoms with Crippen molar-refractivity contribution < 1.29 is 70.8 Å². The summed E-state index contributed by atoms with van der Waals surface area (Å²) >= 11 is -0.476. The molecule has 1 spiro atoms. The SMILES string of the molecule is CC1(C)OP2(Sc3ccccc3)(OC1(C)C)OC(C(F)(F)F)(C(F)(F)F)C(C(F)(F)F)(C(F)(F)F)O2. The Morgan fingerprint density at radius 2 is 0.861 bits per heavy atom. The van der Waals surface area contributed by atoms with Crippen molar-refractivity contribution in [1.29, 1.82) is 0 Å². The van der Waals surface area contributed by atoms with Gasteiger partial charge in [-0.3, -0.25) is 0 Å². The molecule has 0 radical (unpaired) electrons. The van der Waals surface area contributed by atoms with Crippen molar-refractivity contribution in [2.75, 3.05) is 0 Å².